The minimum atomic E-state index is -1.23. The second-order valence-electron chi connectivity index (χ2n) is 11.4. The van der Waals surface area contributed by atoms with Crippen LogP contribution in [0.25, 0.3) is 17.2 Å². The van der Waals surface area contributed by atoms with E-state index in [4.69, 9.17) is 23.7 Å². The van der Waals surface area contributed by atoms with Gasteiger partial charge in [0.1, 0.15) is 17.6 Å². The molecule has 0 aromatic heterocycles. The van der Waals surface area contributed by atoms with Crippen LogP contribution in [0.1, 0.15) is 45.1 Å². The lowest BCUT2D eigenvalue weighted by Gasteiger charge is -2.28. The van der Waals surface area contributed by atoms with Gasteiger partial charge in [-0.25, -0.2) is 9.59 Å². The zero-order valence-electron chi connectivity index (χ0n) is 25.8. The number of benzene rings is 4. The molecule has 0 unspecified atom stereocenters. The lowest BCUT2D eigenvalue weighted by molar-refractivity contribution is -0.149. The van der Waals surface area contributed by atoms with Crippen molar-refractivity contribution in [3.8, 4) is 34.1 Å². The van der Waals surface area contributed by atoms with Crippen LogP contribution in [0.3, 0.4) is 0 Å². The first kappa shape index (κ1) is 31.4. The number of rotatable bonds is 11. The third-order valence-corrected chi connectivity index (χ3v) is 7.58. The molecule has 4 aromatic carbocycles. The SMILES string of the molecule is COc1cc(C=CC(=O)OC2CCC(Oc3ccc(-c4ccccc4)cc3)CC2)ccc1OC(=O)C(C)(C)Oc1ccccc1. The van der Waals surface area contributed by atoms with Gasteiger partial charge in [0, 0.05) is 6.08 Å². The van der Waals surface area contributed by atoms with Crippen LogP contribution in [0.4, 0.5) is 0 Å². The summed E-state index contributed by atoms with van der Waals surface area (Å²) in [5.41, 5.74) is 1.79. The topological polar surface area (TPSA) is 80.3 Å². The first-order valence-corrected chi connectivity index (χ1v) is 15.1. The molecule has 1 saturated carbocycles. The lowest BCUT2D eigenvalue weighted by atomic mass is 9.95. The number of carbonyl (C=O) groups excluding carboxylic acids is 2. The monoisotopic (exact) mass is 606 g/mol. The number of methoxy groups -OCH3 is 1. The number of ether oxygens (including phenoxy) is 5. The van der Waals surface area contributed by atoms with E-state index < -0.39 is 17.5 Å². The average molecular weight is 607 g/mol. The van der Waals surface area contributed by atoms with Crippen LogP contribution in [0.5, 0.6) is 23.0 Å². The molecule has 7 nitrogen and oxygen atoms in total. The highest BCUT2D eigenvalue weighted by Crippen LogP contribution is 2.31. The number of para-hydroxylation sites is 1. The van der Waals surface area contributed by atoms with E-state index in [-0.39, 0.29) is 18.0 Å². The van der Waals surface area contributed by atoms with Gasteiger partial charge in [-0.15, -0.1) is 0 Å². The van der Waals surface area contributed by atoms with Gasteiger partial charge in [-0.3, -0.25) is 0 Å². The fourth-order valence-corrected chi connectivity index (χ4v) is 5.10. The first-order valence-electron chi connectivity index (χ1n) is 15.1. The van der Waals surface area contributed by atoms with Gasteiger partial charge in [-0.1, -0.05) is 66.7 Å². The predicted molar refractivity (Wildman–Crippen MR) is 173 cm³/mol. The van der Waals surface area contributed by atoms with E-state index in [1.807, 2.05) is 48.5 Å². The normalized spacial score (nSPS) is 16.5. The Morgan fingerprint density at radius 1 is 0.711 bits per heavy atom. The van der Waals surface area contributed by atoms with Crippen LogP contribution in [0.15, 0.2) is 109 Å². The maximum Gasteiger partial charge on any atom is 0.355 e. The van der Waals surface area contributed by atoms with Gasteiger partial charge in [0.2, 0.25) is 5.60 Å². The Morgan fingerprint density at radius 2 is 1.33 bits per heavy atom. The van der Waals surface area contributed by atoms with E-state index in [9.17, 15) is 9.59 Å². The number of esters is 2. The molecule has 7 heteroatoms. The maximum atomic E-state index is 12.9. The number of hydrogen-bond acceptors (Lipinski definition) is 7. The molecule has 0 atom stereocenters. The second kappa shape index (κ2) is 14.6. The molecule has 0 bridgehead atoms. The van der Waals surface area contributed by atoms with Crippen molar-refractivity contribution >= 4 is 18.0 Å². The smallest absolute Gasteiger partial charge is 0.355 e. The van der Waals surface area contributed by atoms with Crippen molar-refractivity contribution < 1.29 is 33.3 Å². The Bertz CT molecular complexity index is 1590. The van der Waals surface area contributed by atoms with Gasteiger partial charge in [0.05, 0.1) is 13.2 Å². The lowest BCUT2D eigenvalue weighted by Crippen LogP contribution is -2.41. The summed E-state index contributed by atoms with van der Waals surface area (Å²) < 4.78 is 28.8. The Kier molecular flexibility index (Phi) is 10.2. The van der Waals surface area contributed by atoms with E-state index in [0.717, 1.165) is 37.0 Å². The van der Waals surface area contributed by atoms with Crippen LogP contribution in [0, 0.1) is 0 Å². The summed E-state index contributed by atoms with van der Waals surface area (Å²) in [7, 11) is 1.49. The zero-order chi connectivity index (χ0) is 31.6. The standard InChI is InChI=1S/C38H38O7/c1-38(2,45-33-12-8-5-9-13-33)37(40)44-34-24-14-27(26-35(34)41-3)15-25-36(39)43-32-22-20-31(21-23-32)42-30-18-16-29(17-19-30)28-10-6-4-7-11-28/h4-19,24-26,31-32H,20-23H2,1-3H3. The summed E-state index contributed by atoms with van der Waals surface area (Å²) in [5.74, 6) is 1.02. The summed E-state index contributed by atoms with van der Waals surface area (Å²) in [6.07, 6.45) is 6.09. The highest BCUT2D eigenvalue weighted by Gasteiger charge is 2.33. The highest BCUT2D eigenvalue weighted by molar-refractivity contribution is 5.87. The molecule has 0 N–H and O–H groups in total. The Balaban J connectivity index is 1.08. The quantitative estimate of drug-likeness (QED) is 0.0970. The number of carbonyl (C=O) groups is 2. The van der Waals surface area contributed by atoms with Crippen molar-refractivity contribution in [2.45, 2.75) is 57.3 Å². The van der Waals surface area contributed by atoms with E-state index in [1.54, 1.807) is 50.3 Å². The molecule has 45 heavy (non-hydrogen) atoms. The van der Waals surface area contributed by atoms with Gasteiger partial charge >= 0.3 is 11.9 Å². The Hall–Kier alpha value is -5.04. The van der Waals surface area contributed by atoms with E-state index in [0.29, 0.717) is 17.1 Å². The van der Waals surface area contributed by atoms with Crippen molar-refractivity contribution in [2.75, 3.05) is 7.11 Å². The van der Waals surface area contributed by atoms with Gasteiger partial charge < -0.3 is 23.7 Å². The van der Waals surface area contributed by atoms with Crippen molar-refractivity contribution in [3.05, 3.63) is 115 Å². The summed E-state index contributed by atoms with van der Waals surface area (Å²) >= 11 is 0. The van der Waals surface area contributed by atoms with Crippen molar-refractivity contribution in [2.24, 2.45) is 0 Å². The van der Waals surface area contributed by atoms with Gasteiger partial charge in [0.15, 0.2) is 11.5 Å². The third-order valence-electron chi connectivity index (χ3n) is 7.58. The van der Waals surface area contributed by atoms with Gasteiger partial charge in [0.25, 0.3) is 0 Å². The number of hydrogen-bond donors (Lipinski definition) is 0. The second-order valence-corrected chi connectivity index (χ2v) is 11.4. The van der Waals surface area contributed by atoms with Crippen molar-refractivity contribution in [1.29, 1.82) is 0 Å². The van der Waals surface area contributed by atoms with Crippen molar-refractivity contribution in [1.82, 2.24) is 0 Å². The maximum absolute atomic E-state index is 12.9. The predicted octanol–water partition coefficient (Wildman–Crippen LogP) is 8.07. The molecule has 0 spiro atoms. The van der Waals surface area contributed by atoms with E-state index in [1.165, 1.54) is 18.7 Å². The van der Waals surface area contributed by atoms with Crippen LogP contribution < -0.4 is 18.9 Å². The molecule has 4 aromatic rings. The molecular weight excluding hydrogens is 568 g/mol. The molecule has 0 radical (unpaired) electrons. The van der Waals surface area contributed by atoms with E-state index >= 15 is 0 Å². The van der Waals surface area contributed by atoms with Crippen molar-refractivity contribution in [3.63, 3.8) is 0 Å². The van der Waals surface area contributed by atoms with Crippen LogP contribution in [0.2, 0.25) is 0 Å². The third kappa shape index (κ3) is 8.76. The molecule has 0 saturated heterocycles. The summed E-state index contributed by atoms with van der Waals surface area (Å²) in [6.45, 7) is 3.28. The minimum Gasteiger partial charge on any atom is -0.493 e. The van der Waals surface area contributed by atoms with Crippen LogP contribution in [-0.4, -0.2) is 36.9 Å². The van der Waals surface area contributed by atoms with Crippen LogP contribution >= 0.6 is 0 Å². The molecule has 1 fully saturated rings. The highest BCUT2D eigenvalue weighted by atomic mass is 16.6. The minimum absolute atomic E-state index is 0.0913. The molecule has 1 aliphatic carbocycles. The molecule has 0 heterocycles. The molecule has 5 rings (SSSR count). The Morgan fingerprint density at radius 3 is 2.00 bits per heavy atom. The summed E-state index contributed by atoms with van der Waals surface area (Å²) in [5, 5.41) is 0. The largest absolute Gasteiger partial charge is 0.493 e. The fourth-order valence-electron chi connectivity index (χ4n) is 5.10. The zero-order valence-corrected chi connectivity index (χ0v) is 25.8. The summed E-state index contributed by atoms with van der Waals surface area (Å²) in [4.78, 5) is 25.5. The molecule has 1 aliphatic rings. The van der Waals surface area contributed by atoms with E-state index in [2.05, 4.69) is 24.3 Å². The fraction of sp³-hybridized carbons (Fsp3) is 0.263. The molecule has 0 aliphatic heterocycles. The van der Waals surface area contributed by atoms with Gasteiger partial charge in [-0.2, -0.15) is 0 Å². The average Bonchev–Trinajstić information content (AvgIpc) is 3.06. The molecule has 0 amide bonds. The molecule has 232 valence electrons. The first-order chi connectivity index (χ1) is 21.8. The summed E-state index contributed by atoms with van der Waals surface area (Å²) in [6, 6.07) is 32.5. The molecular formula is C38H38O7. The Labute approximate surface area is 264 Å². The van der Waals surface area contributed by atoms with Crippen LogP contribution in [-0.2, 0) is 14.3 Å². The van der Waals surface area contributed by atoms with Gasteiger partial charge in [-0.05, 0) is 98.7 Å².